The first kappa shape index (κ1) is 10.8. The molecule has 4 rings (SSSR count). The Morgan fingerprint density at radius 3 is 2.68 bits per heavy atom. The van der Waals surface area contributed by atoms with Crippen molar-refractivity contribution in [3.8, 4) is 0 Å². The van der Waals surface area contributed by atoms with Gasteiger partial charge in [-0.2, -0.15) is 0 Å². The van der Waals surface area contributed by atoms with Crippen LogP contribution in [-0.4, -0.2) is 5.71 Å². The van der Waals surface area contributed by atoms with Crippen LogP contribution in [0.3, 0.4) is 0 Å². The average molecular weight is 249 g/mol. The summed E-state index contributed by atoms with van der Waals surface area (Å²) < 4.78 is 0. The molecule has 0 radical (unpaired) electrons. The fourth-order valence-electron chi connectivity index (χ4n) is 3.10. The predicted molar refractivity (Wildman–Crippen MR) is 75.2 cm³/mol. The van der Waals surface area contributed by atoms with Gasteiger partial charge in [-0.05, 0) is 30.0 Å². The van der Waals surface area contributed by atoms with E-state index in [0.717, 1.165) is 12.1 Å². The molecule has 0 saturated carbocycles. The summed E-state index contributed by atoms with van der Waals surface area (Å²) in [5.74, 6) is 0.375. The van der Waals surface area contributed by atoms with Crippen LogP contribution in [0.2, 0.25) is 0 Å². The molecule has 2 heteroatoms. The highest BCUT2D eigenvalue weighted by atomic mass is 16.6. The van der Waals surface area contributed by atoms with Crippen molar-refractivity contribution in [2.45, 2.75) is 19.4 Å². The molecule has 1 aliphatic carbocycles. The normalized spacial score (nSPS) is 23.5. The van der Waals surface area contributed by atoms with E-state index in [1.54, 1.807) is 0 Å². The van der Waals surface area contributed by atoms with E-state index < -0.39 is 0 Å². The molecule has 2 atom stereocenters. The number of hydrogen-bond acceptors (Lipinski definition) is 2. The lowest BCUT2D eigenvalue weighted by Crippen LogP contribution is -2.14. The van der Waals surface area contributed by atoms with Crippen LogP contribution >= 0.6 is 0 Å². The Kier molecular flexibility index (Phi) is 2.25. The Bertz CT molecular complexity index is 657. The van der Waals surface area contributed by atoms with Crippen LogP contribution in [-0.2, 0) is 11.3 Å². The first-order chi connectivity index (χ1) is 9.33. The van der Waals surface area contributed by atoms with Crippen LogP contribution in [0.1, 0.15) is 28.4 Å². The van der Waals surface area contributed by atoms with E-state index in [0.29, 0.717) is 5.92 Å². The number of nitrogens with zero attached hydrogens (tertiary/aromatic N) is 1. The fraction of sp³-hybridized carbons (Fsp3) is 0.235. The number of aryl methyl sites for hydroxylation is 1. The molecule has 0 bridgehead atoms. The van der Waals surface area contributed by atoms with Crippen LogP contribution < -0.4 is 0 Å². The van der Waals surface area contributed by atoms with Gasteiger partial charge in [-0.3, -0.25) is 0 Å². The van der Waals surface area contributed by atoms with Gasteiger partial charge >= 0.3 is 0 Å². The van der Waals surface area contributed by atoms with Gasteiger partial charge in [-0.25, -0.2) is 0 Å². The molecule has 2 aromatic rings. The predicted octanol–water partition coefficient (Wildman–Crippen LogP) is 3.64. The number of oxime groups is 1. The van der Waals surface area contributed by atoms with Crippen molar-refractivity contribution in [3.05, 3.63) is 70.8 Å². The first-order valence-corrected chi connectivity index (χ1v) is 6.71. The van der Waals surface area contributed by atoms with Crippen molar-refractivity contribution in [2.75, 3.05) is 0 Å². The highest BCUT2D eigenvalue weighted by molar-refractivity contribution is 6.03. The lowest BCUT2D eigenvalue weighted by Gasteiger charge is -2.09. The number of benzene rings is 2. The van der Waals surface area contributed by atoms with Gasteiger partial charge in [0.15, 0.2) is 6.10 Å². The van der Waals surface area contributed by atoms with Crippen molar-refractivity contribution < 1.29 is 4.84 Å². The third-order valence-electron chi connectivity index (χ3n) is 4.13. The number of rotatable bonds is 1. The minimum atomic E-state index is 0.118. The van der Waals surface area contributed by atoms with Crippen molar-refractivity contribution in [1.82, 2.24) is 0 Å². The molecule has 19 heavy (non-hydrogen) atoms. The van der Waals surface area contributed by atoms with Crippen molar-refractivity contribution in [1.29, 1.82) is 0 Å². The number of hydrogen-bond donors (Lipinski definition) is 0. The topological polar surface area (TPSA) is 21.6 Å². The fourth-order valence-corrected chi connectivity index (χ4v) is 3.10. The Balaban J connectivity index is 1.70. The molecule has 0 spiro atoms. The summed E-state index contributed by atoms with van der Waals surface area (Å²) in [6, 6.07) is 17.1. The smallest absolute Gasteiger partial charge is 0.161 e. The average Bonchev–Trinajstić information content (AvgIpc) is 2.98. The SMILES string of the molecule is Cc1ccc(C2=NO[C@H]3c4ccccc4C[C@H]23)cc1. The molecule has 94 valence electrons. The van der Waals surface area contributed by atoms with Crippen molar-refractivity contribution in [2.24, 2.45) is 11.1 Å². The highest BCUT2D eigenvalue weighted by Crippen LogP contribution is 2.44. The second-order valence-electron chi connectivity index (χ2n) is 5.38. The zero-order valence-corrected chi connectivity index (χ0v) is 10.8. The molecule has 0 saturated heterocycles. The van der Waals surface area contributed by atoms with E-state index in [4.69, 9.17) is 4.84 Å². The molecule has 2 aromatic carbocycles. The summed E-state index contributed by atoms with van der Waals surface area (Å²) in [5, 5.41) is 4.34. The van der Waals surface area contributed by atoms with E-state index >= 15 is 0 Å². The molecule has 1 heterocycles. The lowest BCUT2D eigenvalue weighted by atomic mass is 9.92. The summed E-state index contributed by atoms with van der Waals surface area (Å²) in [6.07, 6.45) is 1.15. The van der Waals surface area contributed by atoms with E-state index in [1.165, 1.54) is 22.3 Å². The Labute approximate surface area is 112 Å². The number of fused-ring (bicyclic) bond motifs is 3. The largest absolute Gasteiger partial charge is 0.387 e. The molecule has 0 fully saturated rings. The van der Waals surface area contributed by atoms with Crippen molar-refractivity contribution >= 4 is 5.71 Å². The molecule has 2 nitrogen and oxygen atoms in total. The first-order valence-electron chi connectivity index (χ1n) is 6.71. The van der Waals surface area contributed by atoms with Gasteiger partial charge in [0.2, 0.25) is 0 Å². The molecule has 0 aromatic heterocycles. The zero-order valence-electron chi connectivity index (χ0n) is 10.8. The summed E-state index contributed by atoms with van der Waals surface area (Å²) in [5.41, 5.74) is 6.26. The quantitative estimate of drug-likeness (QED) is 0.756. The van der Waals surface area contributed by atoms with E-state index in [9.17, 15) is 0 Å². The van der Waals surface area contributed by atoms with Crippen LogP contribution in [0.25, 0.3) is 0 Å². The molecular formula is C17H15NO. The molecule has 2 aliphatic rings. The maximum atomic E-state index is 5.69. The van der Waals surface area contributed by atoms with Gasteiger partial charge in [0.05, 0.1) is 11.6 Å². The molecule has 0 N–H and O–H groups in total. The van der Waals surface area contributed by atoms with Gasteiger partial charge in [0.25, 0.3) is 0 Å². The van der Waals surface area contributed by atoms with Gasteiger partial charge in [0.1, 0.15) is 0 Å². The molecule has 0 unspecified atom stereocenters. The minimum absolute atomic E-state index is 0.118. The van der Waals surface area contributed by atoms with Crippen molar-refractivity contribution in [3.63, 3.8) is 0 Å². The zero-order chi connectivity index (χ0) is 12.8. The molecule has 1 aliphatic heterocycles. The maximum Gasteiger partial charge on any atom is 0.161 e. The van der Waals surface area contributed by atoms with Crippen LogP contribution in [0, 0.1) is 12.8 Å². The summed E-state index contributed by atoms with van der Waals surface area (Å²) in [7, 11) is 0. The van der Waals surface area contributed by atoms with Gasteiger partial charge < -0.3 is 4.84 Å². The minimum Gasteiger partial charge on any atom is -0.387 e. The molecule has 0 amide bonds. The Hall–Kier alpha value is -2.09. The lowest BCUT2D eigenvalue weighted by molar-refractivity contribution is 0.0697. The second kappa shape index (κ2) is 3.95. The second-order valence-corrected chi connectivity index (χ2v) is 5.38. The Morgan fingerprint density at radius 2 is 1.84 bits per heavy atom. The standard InChI is InChI=1S/C17H15NO/c1-11-6-8-12(9-7-11)16-15-10-13-4-2-3-5-14(13)17(15)19-18-16/h2-9,15,17H,10H2,1H3/t15-,17+/m1/s1. The van der Waals surface area contributed by atoms with Crippen LogP contribution in [0.4, 0.5) is 0 Å². The maximum absolute atomic E-state index is 5.69. The van der Waals surface area contributed by atoms with Gasteiger partial charge in [-0.15, -0.1) is 0 Å². The summed E-state index contributed by atoms with van der Waals surface area (Å²) in [6.45, 7) is 2.10. The highest BCUT2D eigenvalue weighted by Gasteiger charge is 2.42. The Morgan fingerprint density at radius 1 is 1.05 bits per heavy atom. The van der Waals surface area contributed by atoms with Crippen LogP contribution in [0.15, 0.2) is 53.7 Å². The monoisotopic (exact) mass is 249 g/mol. The van der Waals surface area contributed by atoms with Gasteiger partial charge in [-0.1, -0.05) is 59.3 Å². The third-order valence-corrected chi connectivity index (χ3v) is 4.13. The van der Waals surface area contributed by atoms with Gasteiger partial charge in [0, 0.05) is 0 Å². The van der Waals surface area contributed by atoms with E-state index in [1.807, 2.05) is 0 Å². The third kappa shape index (κ3) is 1.60. The molecular weight excluding hydrogens is 234 g/mol. The summed E-state index contributed by atoms with van der Waals surface area (Å²) >= 11 is 0. The van der Waals surface area contributed by atoms with E-state index in [2.05, 4.69) is 60.6 Å². The van der Waals surface area contributed by atoms with E-state index in [-0.39, 0.29) is 6.10 Å². The summed E-state index contributed by atoms with van der Waals surface area (Å²) in [4.78, 5) is 5.69. The van der Waals surface area contributed by atoms with Crippen LogP contribution in [0.5, 0.6) is 0 Å².